The third-order valence-corrected chi connectivity index (χ3v) is 1.41. The van der Waals surface area contributed by atoms with Gasteiger partial charge in [0.15, 0.2) is 0 Å². The predicted molar refractivity (Wildman–Crippen MR) is 40.8 cm³/mol. The Hall–Kier alpha value is -0.900. The second-order valence-electron chi connectivity index (χ2n) is 2.54. The van der Waals surface area contributed by atoms with Gasteiger partial charge in [0.2, 0.25) is 0 Å². The van der Waals surface area contributed by atoms with Crippen molar-refractivity contribution in [1.29, 1.82) is 5.41 Å². The lowest BCUT2D eigenvalue weighted by molar-refractivity contribution is -0.139. The Labute approximate surface area is 65.4 Å². The van der Waals surface area contributed by atoms with Gasteiger partial charge in [0.25, 0.3) is 0 Å². The maximum Gasteiger partial charge on any atom is 0.311 e. The molecule has 0 aliphatic rings. The largest absolute Gasteiger partial charge is 0.481 e. The second kappa shape index (κ2) is 4.85. The fourth-order valence-electron chi connectivity index (χ4n) is 0.699. The zero-order valence-electron chi connectivity index (χ0n) is 6.45. The van der Waals surface area contributed by atoms with Gasteiger partial charge in [-0.2, -0.15) is 0 Å². The van der Waals surface area contributed by atoms with Crippen molar-refractivity contribution < 1.29 is 15.0 Å². The van der Waals surface area contributed by atoms with E-state index in [-0.39, 0.29) is 0 Å². The van der Waals surface area contributed by atoms with Crippen molar-refractivity contribution >= 4 is 12.2 Å². The van der Waals surface area contributed by atoms with E-state index in [1.165, 1.54) is 0 Å². The van der Waals surface area contributed by atoms with E-state index in [0.717, 1.165) is 6.21 Å². The Balaban J connectivity index is 3.70. The molecule has 0 saturated carbocycles. The molecule has 0 fully saturated rings. The summed E-state index contributed by atoms with van der Waals surface area (Å²) in [5.41, 5.74) is 0. The third-order valence-electron chi connectivity index (χ3n) is 1.41. The monoisotopic (exact) mass is 159 g/mol. The lowest BCUT2D eigenvalue weighted by Crippen LogP contribution is -2.16. The van der Waals surface area contributed by atoms with E-state index >= 15 is 0 Å². The van der Waals surface area contributed by atoms with Crippen molar-refractivity contribution in [3.63, 3.8) is 0 Å². The molecule has 0 aliphatic heterocycles. The summed E-state index contributed by atoms with van der Waals surface area (Å²) in [5.74, 6) is -1.75. The molecule has 2 unspecified atom stereocenters. The number of nitrogens with one attached hydrogen (secondary N) is 1. The summed E-state index contributed by atoms with van der Waals surface area (Å²) in [6.45, 7) is 1.60. The maximum absolute atomic E-state index is 10.3. The molecular formula is C7H13NO3. The number of aliphatic carboxylic acids is 1. The standard InChI is InChI=1S/C7H13NO3/c1-5(9)2-3-6(4-8)7(10)11/h4-6,8-9H,2-3H2,1H3,(H,10,11). The molecule has 0 saturated heterocycles. The molecule has 0 spiro atoms. The average molecular weight is 159 g/mol. The number of carbonyl (C=O) groups is 1. The van der Waals surface area contributed by atoms with E-state index in [1.54, 1.807) is 6.92 Å². The van der Waals surface area contributed by atoms with Crippen LogP contribution in [0.25, 0.3) is 0 Å². The Morgan fingerprint density at radius 3 is 2.45 bits per heavy atom. The highest BCUT2D eigenvalue weighted by Gasteiger charge is 2.14. The minimum atomic E-state index is -0.999. The molecule has 2 atom stereocenters. The zero-order valence-corrected chi connectivity index (χ0v) is 6.45. The van der Waals surface area contributed by atoms with Crippen LogP contribution in [0.1, 0.15) is 19.8 Å². The first-order valence-corrected chi connectivity index (χ1v) is 3.49. The number of carboxylic acids is 1. The summed E-state index contributed by atoms with van der Waals surface area (Å²) in [6.07, 6.45) is 1.16. The van der Waals surface area contributed by atoms with Crippen LogP contribution in [-0.4, -0.2) is 28.5 Å². The fraction of sp³-hybridized carbons (Fsp3) is 0.714. The first-order chi connectivity index (χ1) is 5.07. The van der Waals surface area contributed by atoms with Crippen molar-refractivity contribution in [2.75, 3.05) is 0 Å². The molecule has 3 N–H and O–H groups in total. The summed E-state index contributed by atoms with van der Waals surface area (Å²) < 4.78 is 0. The lowest BCUT2D eigenvalue weighted by atomic mass is 10.0. The van der Waals surface area contributed by atoms with E-state index < -0.39 is 18.0 Å². The maximum atomic E-state index is 10.3. The molecule has 0 bridgehead atoms. The van der Waals surface area contributed by atoms with Crippen molar-refractivity contribution in [3.8, 4) is 0 Å². The zero-order chi connectivity index (χ0) is 8.85. The smallest absolute Gasteiger partial charge is 0.311 e. The SMILES string of the molecule is CC(O)CCC(C=N)C(=O)O. The number of aliphatic hydroxyl groups is 1. The van der Waals surface area contributed by atoms with Crippen molar-refractivity contribution in [2.24, 2.45) is 5.92 Å². The van der Waals surface area contributed by atoms with Gasteiger partial charge in [-0.15, -0.1) is 0 Å². The van der Waals surface area contributed by atoms with Crippen LogP contribution in [-0.2, 0) is 4.79 Å². The molecule has 4 heteroatoms. The van der Waals surface area contributed by atoms with Crippen LogP contribution in [0, 0.1) is 11.3 Å². The number of rotatable bonds is 5. The molecule has 0 aromatic rings. The van der Waals surface area contributed by atoms with E-state index in [2.05, 4.69) is 0 Å². The summed E-state index contributed by atoms with van der Waals surface area (Å²) in [4.78, 5) is 10.3. The summed E-state index contributed by atoms with van der Waals surface area (Å²) >= 11 is 0. The molecule has 0 amide bonds. The van der Waals surface area contributed by atoms with Gasteiger partial charge in [-0.1, -0.05) is 0 Å². The van der Waals surface area contributed by atoms with Crippen LogP contribution in [0.4, 0.5) is 0 Å². The predicted octanol–water partition coefficient (Wildman–Crippen LogP) is 0.498. The first-order valence-electron chi connectivity index (χ1n) is 3.49. The number of carboxylic acid groups (broad SMARTS) is 1. The van der Waals surface area contributed by atoms with E-state index in [9.17, 15) is 4.79 Å². The topological polar surface area (TPSA) is 81.4 Å². The van der Waals surface area contributed by atoms with E-state index in [4.69, 9.17) is 15.6 Å². The first kappa shape index (κ1) is 10.1. The highest BCUT2D eigenvalue weighted by molar-refractivity contribution is 5.87. The van der Waals surface area contributed by atoms with E-state index in [1.807, 2.05) is 0 Å². The van der Waals surface area contributed by atoms with E-state index in [0.29, 0.717) is 12.8 Å². The van der Waals surface area contributed by atoms with Crippen LogP contribution in [0.5, 0.6) is 0 Å². The molecule has 11 heavy (non-hydrogen) atoms. The van der Waals surface area contributed by atoms with Gasteiger partial charge in [-0.25, -0.2) is 0 Å². The summed E-state index contributed by atoms with van der Waals surface area (Å²) in [6, 6.07) is 0. The van der Waals surface area contributed by atoms with Crippen LogP contribution < -0.4 is 0 Å². The Bertz CT molecular complexity index is 145. The van der Waals surface area contributed by atoms with Gasteiger partial charge in [-0.05, 0) is 19.8 Å². The van der Waals surface area contributed by atoms with Gasteiger partial charge < -0.3 is 15.6 Å². The van der Waals surface area contributed by atoms with Crippen LogP contribution in [0.2, 0.25) is 0 Å². The Kier molecular flexibility index (Phi) is 4.45. The minimum absolute atomic E-state index is 0.330. The van der Waals surface area contributed by atoms with Crippen molar-refractivity contribution in [1.82, 2.24) is 0 Å². The van der Waals surface area contributed by atoms with Crippen molar-refractivity contribution in [2.45, 2.75) is 25.9 Å². The number of hydrogen-bond donors (Lipinski definition) is 3. The average Bonchev–Trinajstić information content (AvgIpc) is 1.87. The third kappa shape index (κ3) is 4.50. The summed E-state index contributed by atoms with van der Waals surface area (Å²) in [7, 11) is 0. The molecule has 0 radical (unpaired) electrons. The molecule has 4 nitrogen and oxygen atoms in total. The van der Waals surface area contributed by atoms with Gasteiger partial charge in [-0.3, -0.25) is 4.79 Å². The number of aliphatic hydroxyl groups excluding tert-OH is 1. The minimum Gasteiger partial charge on any atom is -0.481 e. The van der Waals surface area contributed by atoms with Crippen LogP contribution in [0.15, 0.2) is 0 Å². The molecule has 0 aromatic carbocycles. The van der Waals surface area contributed by atoms with Gasteiger partial charge in [0, 0.05) is 6.21 Å². The molecule has 0 aromatic heterocycles. The molecule has 0 rings (SSSR count). The highest BCUT2D eigenvalue weighted by atomic mass is 16.4. The highest BCUT2D eigenvalue weighted by Crippen LogP contribution is 2.06. The quantitative estimate of drug-likeness (QED) is 0.511. The van der Waals surface area contributed by atoms with Gasteiger partial charge >= 0.3 is 5.97 Å². The Morgan fingerprint density at radius 2 is 2.18 bits per heavy atom. The fourth-order valence-corrected chi connectivity index (χ4v) is 0.699. The molecule has 0 aliphatic carbocycles. The molecule has 64 valence electrons. The number of hydrogen-bond acceptors (Lipinski definition) is 3. The molecular weight excluding hydrogens is 146 g/mol. The van der Waals surface area contributed by atoms with Gasteiger partial charge in [0.05, 0.1) is 12.0 Å². The van der Waals surface area contributed by atoms with Crippen LogP contribution in [0.3, 0.4) is 0 Å². The normalized spacial score (nSPS) is 15.5. The Morgan fingerprint density at radius 1 is 1.64 bits per heavy atom. The lowest BCUT2D eigenvalue weighted by Gasteiger charge is -2.06. The molecule has 0 heterocycles. The van der Waals surface area contributed by atoms with Crippen LogP contribution >= 0.6 is 0 Å². The summed E-state index contributed by atoms with van der Waals surface area (Å²) in [5, 5.41) is 24.0. The van der Waals surface area contributed by atoms with Crippen molar-refractivity contribution in [3.05, 3.63) is 0 Å². The second-order valence-corrected chi connectivity index (χ2v) is 2.54. The van der Waals surface area contributed by atoms with Gasteiger partial charge in [0.1, 0.15) is 0 Å².